The van der Waals surface area contributed by atoms with Gasteiger partial charge in [-0.05, 0) is 94.4 Å². The Morgan fingerprint density at radius 1 is 0.494 bits per heavy atom. The van der Waals surface area contributed by atoms with Crippen LogP contribution in [-0.2, 0) is 26.5 Å². The first-order valence-electron chi connectivity index (χ1n) is 32.1. The predicted molar refractivity (Wildman–Crippen MR) is 339 cm³/mol. The SMILES string of the molecule is [2H]c1c([2H])c([2H])c(-c2cccc(-c3c([2H])c([2H])c([2H])c([2H])c3[2H])c2-[n+]2[c-]n(-c3[c-]c(Oc4[c-]c5c(cc4)c4cc(-c6ccc([Si](c7ccccc7)(c7ccccc7)c7ccccc7)cc6)ccc4n5-c4cc(C(C)(C)C)ccn4)ccc3)c3ccccc32)c([2H])c1[2H].[Pt]. The van der Waals surface area contributed by atoms with Gasteiger partial charge in [0.1, 0.15) is 5.82 Å². The minimum Gasteiger partial charge on any atom is -0.510 e. The molecule has 0 unspecified atom stereocenters. The summed E-state index contributed by atoms with van der Waals surface area (Å²) in [6.45, 7) is 6.55. The van der Waals surface area contributed by atoms with Gasteiger partial charge in [-0.3, -0.25) is 4.57 Å². The van der Waals surface area contributed by atoms with Gasteiger partial charge in [0.2, 0.25) is 0 Å². The first-order chi connectivity index (χ1) is 44.4. The molecule has 402 valence electrons. The van der Waals surface area contributed by atoms with E-state index in [4.69, 9.17) is 23.4 Å². The van der Waals surface area contributed by atoms with Crippen molar-refractivity contribution in [3.8, 4) is 62.1 Å². The van der Waals surface area contributed by atoms with E-state index in [9.17, 15) is 0 Å². The summed E-state index contributed by atoms with van der Waals surface area (Å²) < 4.78 is 100. The van der Waals surface area contributed by atoms with Crippen LogP contribution in [-0.4, -0.2) is 22.2 Å². The molecule has 0 aliphatic heterocycles. The van der Waals surface area contributed by atoms with Gasteiger partial charge in [0, 0.05) is 44.3 Å². The zero-order valence-electron chi connectivity index (χ0n) is 55.4. The zero-order chi connectivity index (χ0) is 63.9. The number of imidazole rings is 1. The number of fused-ring (bicyclic) bond motifs is 4. The minimum absolute atomic E-state index is 0. The summed E-state index contributed by atoms with van der Waals surface area (Å²) in [6.07, 6.45) is 5.29. The predicted octanol–water partition coefficient (Wildman–Crippen LogP) is 15.3. The number of rotatable bonds is 12. The normalized spacial score (nSPS) is 13.4. The molecule has 0 saturated heterocycles. The molecule has 0 bridgehead atoms. The van der Waals surface area contributed by atoms with Crippen molar-refractivity contribution < 1.29 is 44.1 Å². The van der Waals surface area contributed by atoms with E-state index < -0.39 is 68.5 Å². The summed E-state index contributed by atoms with van der Waals surface area (Å²) in [5.74, 6) is 1.48. The fraction of sp³-hybridized carbons (Fsp3) is 0.0526. The Hall–Kier alpha value is -9.45. The molecule has 5 nitrogen and oxygen atoms in total. The Labute approximate surface area is 514 Å². The average molecular weight is 1270 g/mol. The molecule has 0 saturated carbocycles. The van der Waals surface area contributed by atoms with Crippen LogP contribution in [0.15, 0.2) is 285 Å². The van der Waals surface area contributed by atoms with Gasteiger partial charge in [0.05, 0.1) is 30.4 Å². The first kappa shape index (κ1) is 42.4. The number of benzene rings is 11. The molecule has 0 amide bonds. The van der Waals surface area contributed by atoms with Gasteiger partial charge in [-0.15, -0.1) is 29.7 Å². The van der Waals surface area contributed by atoms with Gasteiger partial charge >= 0.3 is 0 Å². The Balaban J connectivity index is 0.00000787. The van der Waals surface area contributed by atoms with E-state index in [0.717, 1.165) is 44.3 Å². The van der Waals surface area contributed by atoms with Gasteiger partial charge in [-0.1, -0.05) is 257 Å². The second kappa shape index (κ2) is 22.1. The molecule has 14 rings (SSSR count). The van der Waals surface area contributed by atoms with Crippen LogP contribution in [0.5, 0.6) is 11.5 Å². The first-order valence-corrected chi connectivity index (χ1v) is 29.1. The minimum atomic E-state index is -2.76. The van der Waals surface area contributed by atoms with Gasteiger partial charge in [0.25, 0.3) is 6.33 Å². The van der Waals surface area contributed by atoms with Crippen LogP contribution in [0, 0.1) is 18.5 Å². The number of para-hydroxylation sites is 3. The number of hydrogen-bond acceptors (Lipinski definition) is 2. The van der Waals surface area contributed by atoms with E-state index in [2.05, 4.69) is 195 Å². The van der Waals surface area contributed by atoms with Crippen molar-refractivity contribution in [2.45, 2.75) is 26.2 Å². The van der Waals surface area contributed by atoms with Crippen molar-refractivity contribution in [2.75, 3.05) is 0 Å². The topological polar surface area (TPSA) is 35.9 Å². The summed E-state index contributed by atoms with van der Waals surface area (Å²) in [5.41, 5.74) is 6.52. The second-order valence-corrected chi connectivity index (χ2v) is 25.0. The molecule has 0 fully saturated rings. The molecule has 83 heavy (non-hydrogen) atoms. The van der Waals surface area contributed by atoms with Crippen LogP contribution in [0.25, 0.3) is 83.4 Å². The number of hydrogen-bond donors (Lipinski definition) is 0. The Bertz CT molecular complexity index is 5010. The van der Waals surface area contributed by atoms with E-state index in [1.807, 2.05) is 48.7 Å². The maximum Gasteiger partial charge on any atom is 0.268 e. The molecule has 11 aromatic carbocycles. The van der Waals surface area contributed by atoms with Crippen molar-refractivity contribution in [3.63, 3.8) is 0 Å². The van der Waals surface area contributed by atoms with Crippen molar-refractivity contribution in [1.82, 2.24) is 14.1 Å². The van der Waals surface area contributed by atoms with E-state index in [0.29, 0.717) is 28.2 Å². The maximum atomic E-state index is 9.11. The fourth-order valence-electron chi connectivity index (χ4n) is 11.5. The van der Waals surface area contributed by atoms with Gasteiger partial charge in [-0.2, -0.15) is 18.2 Å². The summed E-state index contributed by atoms with van der Waals surface area (Å²) in [7, 11) is -2.76. The van der Waals surface area contributed by atoms with E-state index >= 15 is 0 Å². The van der Waals surface area contributed by atoms with Gasteiger partial charge < -0.3 is 13.9 Å². The number of aromatic nitrogens is 4. The number of nitrogens with zero attached hydrogens (tertiary/aromatic N) is 4. The van der Waals surface area contributed by atoms with E-state index in [1.54, 1.807) is 33.4 Å². The van der Waals surface area contributed by atoms with Crippen LogP contribution in [0.2, 0.25) is 0 Å². The van der Waals surface area contributed by atoms with Crippen molar-refractivity contribution in [3.05, 3.63) is 309 Å². The van der Waals surface area contributed by atoms with Crippen LogP contribution in [0.1, 0.15) is 40.0 Å². The molecule has 14 aromatic rings. The average Bonchev–Trinajstić information content (AvgIpc) is 0.780. The number of pyridine rings is 1. The third kappa shape index (κ3) is 9.64. The molecule has 0 atom stereocenters. The van der Waals surface area contributed by atoms with Gasteiger partial charge in [0.15, 0.2) is 8.07 Å². The summed E-state index contributed by atoms with van der Waals surface area (Å²) >= 11 is 0. The Morgan fingerprint density at radius 3 is 1.69 bits per heavy atom. The van der Waals surface area contributed by atoms with Crippen molar-refractivity contribution in [2.24, 2.45) is 0 Å². The monoisotopic (exact) mass is 1270 g/mol. The third-order valence-electron chi connectivity index (χ3n) is 15.3. The summed E-state index contributed by atoms with van der Waals surface area (Å²) in [6, 6.07) is 75.9. The Morgan fingerprint density at radius 2 is 1.06 bits per heavy atom. The van der Waals surface area contributed by atoms with E-state index in [-0.39, 0.29) is 54.4 Å². The molecule has 3 heterocycles. The summed E-state index contributed by atoms with van der Waals surface area (Å²) in [4.78, 5) is 4.98. The molecule has 0 radical (unpaired) electrons. The van der Waals surface area contributed by atoms with Crippen LogP contribution >= 0.6 is 0 Å². The van der Waals surface area contributed by atoms with Gasteiger partial charge in [-0.25, -0.2) is 4.98 Å². The summed E-state index contributed by atoms with van der Waals surface area (Å²) in [5, 5.41) is 7.15. The molecule has 7 heteroatoms. The molecule has 0 N–H and O–H groups in total. The van der Waals surface area contributed by atoms with Crippen molar-refractivity contribution >= 4 is 61.7 Å². The van der Waals surface area contributed by atoms with Crippen LogP contribution in [0.4, 0.5) is 0 Å². The molecule has 3 aromatic heterocycles. The van der Waals surface area contributed by atoms with Crippen molar-refractivity contribution in [1.29, 1.82) is 0 Å². The standard InChI is InChI=1S/C76H56N4OSi.Pt/c1-76(2,3)58-47-48-77-74(50-58)80-70-46-41-57(54-39-43-65(44-40-54)82(62-29-13-6-14-30-62,63-31-15-7-16-32-63)64-33-17-8-18-34-64)49-69(70)68-45-42-61(52-73(68)80)81-60-28-21-27-59(51-60)78-53-79(72-38-20-19-37-71(72)78)75-66(55-23-9-4-10-24-55)35-22-36-67(75)56-25-11-5-12-26-56;/h4-50H,1-3H3;/q-2;/i4D,5D,9D,10D,11D,12D,23D,24D,25D,26D;. The molecular formula is C76H56N4OPtSi-2. The maximum absolute atomic E-state index is 9.11. The quantitative estimate of drug-likeness (QED) is 0.0529. The molecule has 0 aliphatic carbocycles. The molecular weight excluding hydrogens is 1210 g/mol. The van der Waals surface area contributed by atoms with Crippen LogP contribution in [0.3, 0.4) is 0 Å². The molecule has 0 aliphatic rings. The third-order valence-corrected chi connectivity index (χ3v) is 20.1. The fourth-order valence-corrected chi connectivity index (χ4v) is 16.2. The zero-order valence-corrected chi connectivity index (χ0v) is 48.6. The largest absolute Gasteiger partial charge is 0.510 e. The van der Waals surface area contributed by atoms with Crippen LogP contribution < -0.4 is 30.1 Å². The number of ether oxygens (including phenoxy) is 1. The second-order valence-electron chi connectivity index (χ2n) is 21.2. The Kier molecular flexibility index (Phi) is 11.3. The smallest absolute Gasteiger partial charge is 0.268 e. The molecule has 0 spiro atoms. The van der Waals surface area contributed by atoms with E-state index in [1.165, 1.54) is 20.7 Å².